The number of amides is 1. The molecule has 4 nitrogen and oxygen atoms in total. The van der Waals surface area contributed by atoms with Gasteiger partial charge in [0.15, 0.2) is 0 Å². The van der Waals surface area contributed by atoms with Crippen molar-refractivity contribution in [3.63, 3.8) is 0 Å². The maximum atomic E-state index is 14.5. The average Bonchev–Trinajstić information content (AvgIpc) is 2.62. The first-order chi connectivity index (χ1) is 12.8. The van der Waals surface area contributed by atoms with Gasteiger partial charge in [0.2, 0.25) is 5.91 Å². The first-order valence-electron chi connectivity index (χ1n) is 8.47. The summed E-state index contributed by atoms with van der Waals surface area (Å²) in [4.78, 5) is 12.1. The van der Waals surface area contributed by atoms with Gasteiger partial charge in [-0.15, -0.1) is 13.2 Å². The van der Waals surface area contributed by atoms with E-state index in [2.05, 4.69) is 15.4 Å². The van der Waals surface area contributed by atoms with Gasteiger partial charge in [0.1, 0.15) is 11.6 Å². The van der Waals surface area contributed by atoms with Crippen molar-refractivity contribution in [2.45, 2.75) is 32.2 Å². The standard InChI is InChI=1S/C19H18F4N2O2/c20-18-15-9-10-24-11-13(15)4-7-16(18)25-17(26)8-3-12-1-5-14(6-2-12)27-19(21,22)23/h1-2,4-7,24H,3,8-11H2,(H,25,26). The van der Waals surface area contributed by atoms with Crippen LogP contribution in [0.3, 0.4) is 0 Å². The monoisotopic (exact) mass is 382 g/mol. The Morgan fingerprint density at radius 2 is 1.89 bits per heavy atom. The molecule has 2 N–H and O–H groups in total. The van der Waals surface area contributed by atoms with E-state index in [9.17, 15) is 22.4 Å². The zero-order valence-corrected chi connectivity index (χ0v) is 14.3. The molecule has 8 heteroatoms. The lowest BCUT2D eigenvalue weighted by Gasteiger charge is -2.19. The van der Waals surface area contributed by atoms with Crippen LogP contribution in [0.15, 0.2) is 36.4 Å². The van der Waals surface area contributed by atoms with Crippen molar-refractivity contribution >= 4 is 11.6 Å². The van der Waals surface area contributed by atoms with Crippen LogP contribution in [0.1, 0.15) is 23.1 Å². The van der Waals surface area contributed by atoms with Gasteiger partial charge in [-0.1, -0.05) is 18.2 Å². The highest BCUT2D eigenvalue weighted by Crippen LogP contribution is 2.25. The number of hydrogen-bond donors (Lipinski definition) is 2. The second kappa shape index (κ2) is 7.96. The number of carbonyl (C=O) groups excluding carboxylic acids is 1. The van der Waals surface area contributed by atoms with E-state index in [1.807, 2.05) is 0 Å². The predicted octanol–water partition coefficient (Wildman–Crippen LogP) is 3.94. The second-order valence-electron chi connectivity index (χ2n) is 6.23. The molecule has 0 bridgehead atoms. The van der Waals surface area contributed by atoms with Gasteiger partial charge in [0, 0.05) is 13.0 Å². The van der Waals surface area contributed by atoms with Crippen LogP contribution in [-0.2, 0) is 24.2 Å². The van der Waals surface area contributed by atoms with Crippen molar-refractivity contribution in [3.05, 3.63) is 58.9 Å². The van der Waals surface area contributed by atoms with Gasteiger partial charge in [-0.2, -0.15) is 0 Å². The highest BCUT2D eigenvalue weighted by Gasteiger charge is 2.30. The Hall–Kier alpha value is -2.61. The average molecular weight is 382 g/mol. The van der Waals surface area contributed by atoms with E-state index in [0.717, 1.165) is 5.56 Å². The number of fused-ring (bicyclic) bond motifs is 1. The molecular weight excluding hydrogens is 364 g/mol. The van der Waals surface area contributed by atoms with Gasteiger partial charge in [-0.3, -0.25) is 4.79 Å². The molecule has 0 saturated carbocycles. The van der Waals surface area contributed by atoms with Crippen LogP contribution in [0.5, 0.6) is 5.75 Å². The fourth-order valence-electron chi connectivity index (χ4n) is 2.96. The van der Waals surface area contributed by atoms with Crippen LogP contribution < -0.4 is 15.4 Å². The molecule has 1 heterocycles. The Morgan fingerprint density at radius 3 is 2.59 bits per heavy atom. The summed E-state index contributed by atoms with van der Waals surface area (Å²) in [6.07, 6.45) is -3.78. The maximum absolute atomic E-state index is 14.5. The normalized spacial score (nSPS) is 13.8. The molecule has 0 aliphatic carbocycles. The van der Waals surface area contributed by atoms with E-state index < -0.39 is 12.2 Å². The molecule has 1 amide bonds. The van der Waals surface area contributed by atoms with E-state index >= 15 is 0 Å². The lowest BCUT2D eigenvalue weighted by Crippen LogP contribution is -2.25. The number of rotatable bonds is 5. The van der Waals surface area contributed by atoms with Crippen LogP contribution in [0.4, 0.5) is 23.2 Å². The topological polar surface area (TPSA) is 50.4 Å². The first kappa shape index (κ1) is 19.2. The lowest BCUT2D eigenvalue weighted by molar-refractivity contribution is -0.274. The molecule has 27 heavy (non-hydrogen) atoms. The quantitative estimate of drug-likeness (QED) is 0.771. The van der Waals surface area contributed by atoms with E-state index in [1.165, 1.54) is 24.3 Å². The number of halogens is 4. The summed E-state index contributed by atoms with van der Waals surface area (Å²) in [5, 5.41) is 5.72. The summed E-state index contributed by atoms with van der Waals surface area (Å²) in [5.41, 5.74) is 2.33. The molecule has 1 aliphatic rings. The molecule has 0 unspecified atom stereocenters. The van der Waals surface area contributed by atoms with Crippen LogP contribution in [-0.4, -0.2) is 18.8 Å². The third kappa shape index (κ3) is 5.19. The van der Waals surface area contributed by atoms with Crippen molar-refractivity contribution in [1.29, 1.82) is 0 Å². The Bertz CT molecular complexity index is 820. The predicted molar refractivity (Wildman–Crippen MR) is 91.9 cm³/mol. The summed E-state index contributed by atoms with van der Waals surface area (Å²) in [5.74, 6) is -1.09. The number of anilines is 1. The molecular formula is C19H18F4N2O2. The summed E-state index contributed by atoms with van der Waals surface area (Å²) in [6, 6.07) is 8.64. The van der Waals surface area contributed by atoms with Gasteiger partial charge >= 0.3 is 6.36 Å². The van der Waals surface area contributed by atoms with Crippen LogP contribution in [0.2, 0.25) is 0 Å². The largest absolute Gasteiger partial charge is 0.573 e. The molecule has 0 aromatic heterocycles. The summed E-state index contributed by atoms with van der Waals surface area (Å²) in [7, 11) is 0. The lowest BCUT2D eigenvalue weighted by atomic mass is 9.99. The number of carbonyl (C=O) groups is 1. The molecule has 3 rings (SSSR count). The summed E-state index contributed by atoms with van der Waals surface area (Å²) < 4.78 is 54.7. The SMILES string of the molecule is O=C(CCc1ccc(OC(F)(F)F)cc1)Nc1ccc2c(c1F)CCNC2. The molecule has 0 fully saturated rings. The number of benzene rings is 2. The van der Waals surface area contributed by atoms with Crippen molar-refractivity contribution in [3.8, 4) is 5.75 Å². The minimum Gasteiger partial charge on any atom is -0.406 e. The van der Waals surface area contributed by atoms with Gasteiger partial charge in [0.05, 0.1) is 5.69 Å². The highest BCUT2D eigenvalue weighted by molar-refractivity contribution is 5.91. The van der Waals surface area contributed by atoms with E-state index in [0.29, 0.717) is 37.1 Å². The summed E-state index contributed by atoms with van der Waals surface area (Å²) >= 11 is 0. The highest BCUT2D eigenvalue weighted by atomic mass is 19.4. The van der Waals surface area contributed by atoms with Gasteiger partial charge < -0.3 is 15.4 Å². The van der Waals surface area contributed by atoms with Crippen LogP contribution >= 0.6 is 0 Å². The first-order valence-corrected chi connectivity index (χ1v) is 8.47. The molecule has 1 aliphatic heterocycles. The molecule has 2 aromatic carbocycles. The number of alkyl halides is 3. The number of ether oxygens (including phenoxy) is 1. The molecule has 2 aromatic rings. The van der Waals surface area contributed by atoms with Crippen molar-refractivity contribution in [1.82, 2.24) is 5.32 Å². The Morgan fingerprint density at radius 1 is 1.15 bits per heavy atom. The van der Waals surface area contributed by atoms with E-state index in [-0.39, 0.29) is 23.8 Å². The summed E-state index contributed by atoms with van der Waals surface area (Å²) in [6.45, 7) is 1.30. The molecule has 0 atom stereocenters. The van der Waals surface area contributed by atoms with Gasteiger partial charge in [-0.25, -0.2) is 4.39 Å². The fraction of sp³-hybridized carbons (Fsp3) is 0.316. The van der Waals surface area contributed by atoms with Crippen LogP contribution in [0.25, 0.3) is 0 Å². The Balaban J connectivity index is 1.56. The maximum Gasteiger partial charge on any atom is 0.573 e. The minimum atomic E-state index is -4.74. The minimum absolute atomic E-state index is 0.0809. The third-order valence-corrected chi connectivity index (χ3v) is 4.28. The van der Waals surface area contributed by atoms with E-state index in [1.54, 1.807) is 12.1 Å². The zero-order chi connectivity index (χ0) is 19.4. The fourth-order valence-corrected chi connectivity index (χ4v) is 2.96. The number of nitrogens with one attached hydrogen (secondary N) is 2. The van der Waals surface area contributed by atoms with Crippen molar-refractivity contribution in [2.24, 2.45) is 0 Å². The smallest absolute Gasteiger partial charge is 0.406 e. The zero-order valence-electron chi connectivity index (χ0n) is 14.3. The second-order valence-corrected chi connectivity index (χ2v) is 6.23. The molecule has 0 radical (unpaired) electrons. The van der Waals surface area contributed by atoms with Crippen LogP contribution in [0, 0.1) is 5.82 Å². The van der Waals surface area contributed by atoms with Gasteiger partial charge in [-0.05, 0) is 54.3 Å². The number of aryl methyl sites for hydroxylation is 1. The number of hydrogen-bond acceptors (Lipinski definition) is 3. The Kier molecular flexibility index (Phi) is 5.65. The van der Waals surface area contributed by atoms with Crippen molar-refractivity contribution in [2.75, 3.05) is 11.9 Å². The molecule has 144 valence electrons. The Labute approximate surface area is 153 Å². The third-order valence-electron chi connectivity index (χ3n) is 4.28. The van der Waals surface area contributed by atoms with Gasteiger partial charge in [0.25, 0.3) is 0 Å². The van der Waals surface area contributed by atoms with Crippen molar-refractivity contribution < 1.29 is 27.1 Å². The molecule has 0 saturated heterocycles. The molecule has 0 spiro atoms. The van der Waals surface area contributed by atoms with E-state index in [4.69, 9.17) is 0 Å².